The van der Waals surface area contributed by atoms with Crippen LogP contribution in [0.2, 0.25) is 0 Å². The molecule has 0 aliphatic rings. The summed E-state index contributed by atoms with van der Waals surface area (Å²) < 4.78 is 0. The van der Waals surface area contributed by atoms with E-state index in [0.717, 1.165) is 23.8 Å². The van der Waals surface area contributed by atoms with Gasteiger partial charge < -0.3 is 10.0 Å². The SMILES string of the molecule is CCCCCCCCCN(CCC(=O)O)c1nc(C)cs1. The molecule has 0 aliphatic heterocycles. The van der Waals surface area contributed by atoms with Gasteiger partial charge in [0.15, 0.2) is 5.13 Å². The lowest BCUT2D eigenvalue weighted by Gasteiger charge is -2.21. The van der Waals surface area contributed by atoms with Gasteiger partial charge in [-0.3, -0.25) is 4.79 Å². The molecule has 0 aromatic carbocycles. The fraction of sp³-hybridized carbons (Fsp3) is 0.750. The average Bonchev–Trinajstić information content (AvgIpc) is 2.87. The smallest absolute Gasteiger partial charge is 0.305 e. The molecule has 1 aromatic rings. The first-order valence-electron chi connectivity index (χ1n) is 8.02. The fourth-order valence-electron chi connectivity index (χ4n) is 2.28. The Labute approximate surface area is 132 Å². The molecule has 1 heterocycles. The highest BCUT2D eigenvalue weighted by Gasteiger charge is 2.11. The molecule has 0 unspecified atom stereocenters. The number of carboxylic acid groups (broad SMARTS) is 1. The lowest BCUT2D eigenvalue weighted by Crippen LogP contribution is -2.27. The summed E-state index contributed by atoms with van der Waals surface area (Å²) in [6.45, 7) is 5.67. The van der Waals surface area contributed by atoms with Gasteiger partial charge in [0.2, 0.25) is 0 Å². The summed E-state index contributed by atoms with van der Waals surface area (Å²) in [4.78, 5) is 17.4. The van der Waals surface area contributed by atoms with E-state index in [0.29, 0.717) is 6.54 Å². The second-order valence-electron chi connectivity index (χ2n) is 5.52. The summed E-state index contributed by atoms with van der Waals surface area (Å²) in [5.74, 6) is -0.743. The summed E-state index contributed by atoms with van der Waals surface area (Å²) in [7, 11) is 0. The van der Waals surface area contributed by atoms with Gasteiger partial charge >= 0.3 is 5.97 Å². The second kappa shape index (κ2) is 10.6. The van der Waals surface area contributed by atoms with Crippen molar-refractivity contribution in [1.82, 2.24) is 4.98 Å². The Balaban J connectivity index is 2.30. The first-order valence-corrected chi connectivity index (χ1v) is 8.90. The van der Waals surface area contributed by atoms with Gasteiger partial charge in [0.25, 0.3) is 0 Å². The zero-order valence-corrected chi connectivity index (χ0v) is 14.1. The molecule has 1 N–H and O–H groups in total. The number of anilines is 1. The number of carbonyl (C=O) groups is 1. The van der Waals surface area contributed by atoms with Crippen LogP contribution in [0.15, 0.2) is 5.38 Å². The molecule has 0 bridgehead atoms. The number of aryl methyl sites for hydroxylation is 1. The molecule has 0 saturated carbocycles. The standard InChI is InChI=1S/C16H28N2O2S/c1-3-4-5-6-7-8-9-11-18(12-10-15(19)20)16-17-14(2)13-21-16/h13H,3-12H2,1-2H3,(H,19,20). The number of carboxylic acids is 1. The summed E-state index contributed by atoms with van der Waals surface area (Å²) in [5, 5.41) is 11.8. The molecule has 0 saturated heterocycles. The quantitative estimate of drug-likeness (QED) is 0.578. The van der Waals surface area contributed by atoms with Crippen molar-refractivity contribution >= 4 is 22.4 Å². The van der Waals surface area contributed by atoms with Crippen molar-refractivity contribution in [2.24, 2.45) is 0 Å². The minimum Gasteiger partial charge on any atom is -0.481 e. The third-order valence-corrected chi connectivity index (χ3v) is 4.52. The van der Waals surface area contributed by atoms with E-state index in [-0.39, 0.29) is 6.42 Å². The van der Waals surface area contributed by atoms with E-state index in [2.05, 4.69) is 16.8 Å². The van der Waals surface area contributed by atoms with E-state index in [4.69, 9.17) is 5.11 Å². The Hall–Kier alpha value is -1.10. The van der Waals surface area contributed by atoms with Crippen LogP contribution in [0, 0.1) is 6.92 Å². The van der Waals surface area contributed by atoms with Crippen LogP contribution in [0.3, 0.4) is 0 Å². The molecule has 120 valence electrons. The Morgan fingerprint density at radius 1 is 1.19 bits per heavy atom. The van der Waals surface area contributed by atoms with Gasteiger partial charge in [0, 0.05) is 18.5 Å². The van der Waals surface area contributed by atoms with Crippen molar-refractivity contribution in [3.05, 3.63) is 11.1 Å². The van der Waals surface area contributed by atoms with Crippen LogP contribution in [0.25, 0.3) is 0 Å². The van der Waals surface area contributed by atoms with Crippen molar-refractivity contribution in [3.8, 4) is 0 Å². The molecule has 1 aromatic heterocycles. The number of rotatable bonds is 12. The molecule has 0 fully saturated rings. The summed E-state index contributed by atoms with van der Waals surface area (Å²) in [6, 6.07) is 0. The number of hydrogen-bond acceptors (Lipinski definition) is 4. The molecular formula is C16H28N2O2S. The maximum atomic E-state index is 10.8. The zero-order chi connectivity index (χ0) is 15.5. The number of aliphatic carboxylic acids is 1. The van der Waals surface area contributed by atoms with Crippen LogP contribution in [0.4, 0.5) is 5.13 Å². The van der Waals surface area contributed by atoms with Crippen LogP contribution in [-0.4, -0.2) is 29.1 Å². The summed E-state index contributed by atoms with van der Waals surface area (Å²) >= 11 is 1.61. The van der Waals surface area contributed by atoms with Gasteiger partial charge in [-0.2, -0.15) is 0 Å². The monoisotopic (exact) mass is 312 g/mol. The molecule has 0 radical (unpaired) electrons. The zero-order valence-electron chi connectivity index (χ0n) is 13.3. The van der Waals surface area contributed by atoms with Gasteiger partial charge in [0.05, 0.1) is 12.1 Å². The first kappa shape index (κ1) is 18.0. The number of thiazole rings is 1. The first-order chi connectivity index (χ1) is 10.1. The van der Waals surface area contributed by atoms with E-state index in [9.17, 15) is 4.79 Å². The molecule has 0 spiro atoms. The number of hydrogen-bond donors (Lipinski definition) is 1. The summed E-state index contributed by atoms with van der Waals surface area (Å²) in [5.41, 5.74) is 1.01. The number of nitrogens with zero attached hydrogens (tertiary/aromatic N) is 2. The Kier molecular flexibility index (Phi) is 9.06. The van der Waals surface area contributed by atoms with Crippen LogP contribution in [0.5, 0.6) is 0 Å². The van der Waals surface area contributed by atoms with E-state index < -0.39 is 5.97 Å². The third kappa shape index (κ3) is 8.05. The predicted molar refractivity (Wildman–Crippen MR) is 89.3 cm³/mol. The van der Waals surface area contributed by atoms with Crippen LogP contribution in [-0.2, 0) is 4.79 Å². The maximum Gasteiger partial charge on any atom is 0.305 e. The van der Waals surface area contributed by atoms with Gasteiger partial charge in [-0.1, -0.05) is 45.4 Å². The van der Waals surface area contributed by atoms with E-state index in [1.54, 1.807) is 11.3 Å². The molecule has 5 heteroatoms. The molecular weight excluding hydrogens is 284 g/mol. The van der Waals surface area contributed by atoms with Crippen molar-refractivity contribution in [3.63, 3.8) is 0 Å². The van der Waals surface area contributed by atoms with Gasteiger partial charge in [-0.25, -0.2) is 4.98 Å². The largest absolute Gasteiger partial charge is 0.481 e. The van der Waals surface area contributed by atoms with Crippen LogP contribution < -0.4 is 4.90 Å². The Bertz CT molecular complexity index is 407. The molecule has 0 atom stereocenters. The van der Waals surface area contributed by atoms with Crippen molar-refractivity contribution in [2.45, 2.75) is 65.2 Å². The van der Waals surface area contributed by atoms with Gasteiger partial charge in [-0.15, -0.1) is 11.3 Å². The van der Waals surface area contributed by atoms with E-state index >= 15 is 0 Å². The lowest BCUT2D eigenvalue weighted by molar-refractivity contribution is -0.136. The molecule has 4 nitrogen and oxygen atoms in total. The van der Waals surface area contributed by atoms with Crippen LogP contribution in [0.1, 0.15) is 64.0 Å². The molecule has 21 heavy (non-hydrogen) atoms. The van der Waals surface area contributed by atoms with E-state index in [1.165, 1.54) is 38.5 Å². The highest BCUT2D eigenvalue weighted by atomic mass is 32.1. The Morgan fingerprint density at radius 2 is 1.86 bits per heavy atom. The summed E-state index contributed by atoms with van der Waals surface area (Å²) in [6.07, 6.45) is 9.07. The molecule has 0 amide bonds. The topological polar surface area (TPSA) is 53.4 Å². The van der Waals surface area contributed by atoms with Crippen molar-refractivity contribution in [2.75, 3.05) is 18.0 Å². The maximum absolute atomic E-state index is 10.8. The minimum atomic E-state index is -0.743. The van der Waals surface area contributed by atoms with Crippen molar-refractivity contribution in [1.29, 1.82) is 0 Å². The number of aromatic nitrogens is 1. The molecule has 0 aliphatic carbocycles. The fourth-order valence-corrected chi connectivity index (χ4v) is 3.14. The second-order valence-corrected chi connectivity index (χ2v) is 6.36. The highest BCUT2D eigenvalue weighted by Crippen LogP contribution is 2.21. The van der Waals surface area contributed by atoms with Crippen molar-refractivity contribution < 1.29 is 9.90 Å². The minimum absolute atomic E-state index is 0.176. The van der Waals surface area contributed by atoms with Gasteiger partial charge in [-0.05, 0) is 13.3 Å². The van der Waals surface area contributed by atoms with Crippen LogP contribution >= 0.6 is 11.3 Å². The normalized spacial score (nSPS) is 10.8. The average molecular weight is 312 g/mol. The third-order valence-electron chi connectivity index (χ3n) is 3.50. The Morgan fingerprint density at radius 3 is 2.43 bits per heavy atom. The lowest BCUT2D eigenvalue weighted by atomic mass is 10.1. The van der Waals surface area contributed by atoms with Gasteiger partial charge in [0.1, 0.15) is 0 Å². The predicted octanol–water partition coefficient (Wildman–Crippen LogP) is 4.48. The highest BCUT2D eigenvalue weighted by molar-refractivity contribution is 7.13. The van der Waals surface area contributed by atoms with E-state index in [1.807, 2.05) is 12.3 Å². The molecule has 1 rings (SSSR count). The number of unbranched alkanes of at least 4 members (excludes halogenated alkanes) is 6.